The SMILES string of the molecule is O=C(/C=C/c1ccccc1)N1CCC(NCC(O)C2COc3ccccc3O2)CC1. The zero-order chi connectivity index (χ0) is 20.8. The lowest BCUT2D eigenvalue weighted by atomic mass is 10.0. The van der Waals surface area contributed by atoms with E-state index in [1.54, 1.807) is 6.08 Å². The molecule has 2 atom stereocenters. The molecule has 30 heavy (non-hydrogen) atoms. The van der Waals surface area contributed by atoms with Crippen molar-refractivity contribution in [2.75, 3.05) is 26.2 Å². The van der Waals surface area contributed by atoms with Crippen molar-refractivity contribution < 1.29 is 19.4 Å². The minimum atomic E-state index is -0.660. The van der Waals surface area contributed by atoms with Gasteiger partial charge < -0.3 is 24.8 Å². The summed E-state index contributed by atoms with van der Waals surface area (Å²) in [6.07, 6.45) is 4.17. The van der Waals surface area contributed by atoms with Crippen LogP contribution in [-0.4, -0.2) is 60.4 Å². The minimum absolute atomic E-state index is 0.0451. The number of benzene rings is 2. The number of aliphatic hydroxyl groups excluding tert-OH is 1. The van der Waals surface area contributed by atoms with Gasteiger partial charge in [0.15, 0.2) is 17.6 Å². The summed E-state index contributed by atoms with van der Waals surface area (Å²) in [6.45, 7) is 2.19. The van der Waals surface area contributed by atoms with Crippen molar-refractivity contribution >= 4 is 12.0 Å². The van der Waals surface area contributed by atoms with E-state index in [-0.39, 0.29) is 11.9 Å². The molecule has 0 radical (unpaired) electrons. The van der Waals surface area contributed by atoms with Crippen LogP contribution in [0.25, 0.3) is 6.08 Å². The minimum Gasteiger partial charge on any atom is -0.486 e. The van der Waals surface area contributed by atoms with Gasteiger partial charge in [0, 0.05) is 31.8 Å². The van der Waals surface area contributed by atoms with E-state index in [2.05, 4.69) is 5.32 Å². The molecule has 2 unspecified atom stereocenters. The van der Waals surface area contributed by atoms with Gasteiger partial charge in [-0.3, -0.25) is 4.79 Å². The number of carbonyl (C=O) groups is 1. The predicted molar refractivity (Wildman–Crippen MR) is 115 cm³/mol. The van der Waals surface area contributed by atoms with Crippen LogP contribution >= 0.6 is 0 Å². The van der Waals surface area contributed by atoms with Crippen molar-refractivity contribution in [3.8, 4) is 11.5 Å². The summed E-state index contributed by atoms with van der Waals surface area (Å²) in [5, 5.41) is 13.9. The average molecular weight is 408 g/mol. The highest BCUT2D eigenvalue weighted by atomic mass is 16.6. The number of nitrogens with one attached hydrogen (secondary N) is 1. The number of hydrogen-bond donors (Lipinski definition) is 2. The van der Waals surface area contributed by atoms with Crippen molar-refractivity contribution in [3.05, 3.63) is 66.2 Å². The molecular formula is C24H28N2O4. The molecule has 0 aliphatic carbocycles. The molecule has 1 fully saturated rings. The third kappa shape index (κ3) is 5.20. The Morgan fingerprint density at radius 2 is 1.80 bits per heavy atom. The fourth-order valence-corrected chi connectivity index (χ4v) is 3.79. The van der Waals surface area contributed by atoms with E-state index in [1.807, 2.05) is 65.6 Å². The summed E-state index contributed by atoms with van der Waals surface area (Å²) in [4.78, 5) is 14.3. The number of aliphatic hydroxyl groups is 1. The predicted octanol–water partition coefficient (Wildman–Crippen LogP) is 2.48. The van der Waals surface area contributed by atoms with E-state index in [1.165, 1.54) is 0 Å². The standard InChI is InChI=1S/C24H28N2O4/c27-20(23-17-29-21-8-4-5-9-22(21)30-23)16-25-19-12-14-26(15-13-19)24(28)11-10-18-6-2-1-3-7-18/h1-11,19-20,23,25,27H,12-17H2/b11-10+. The molecule has 2 N–H and O–H groups in total. The molecule has 1 amide bonds. The highest BCUT2D eigenvalue weighted by molar-refractivity contribution is 5.91. The van der Waals surface area contributed by atoms with E-state index in [4.69, 9.17) is 9.47 Å². The molecule has 0 bridgehead atoms. The molecule has 1 saturated heterocycles. The lowest BCUT2D eigenvalue weighted by Crippen LogP contribution is -2.50. The maximum Gasteiger partial charge on any atom is 0.246 e. The number of amides is 1. The van der Waals surface area contributed by atoms with Crippen molar-refractivity contribution in [1.29, 1.82) is 0 Å². The van der Waals surface area contributed by atoms with Crippen LogP contribution in [-0.2, 0) is 4.79 Å². The number of nitrogens with zero attached hydrogens (tertiary/aromatic N) is 1. The normalized spacial score (nSPS) is 20.3. The molecule has 2 aliphatic heterocycles. The second-order valence-electron chi connectivity index (χ2n) is 7.73. The van der Waals surface area contributed by atoms with Gasteiger partial charge in [-0.25, -0.2) is 0 Å². The maximum atomic E-state index is 12.4. The number of hydrogen-bond acceptors (Lipinski definition) is 5. The molecule has 2 heterocycles. The molecule has 2 aliphatic rings. The summed E-state index contributed by atoms with van der Waals surface area (Å²) in [6, 6.07) is 17.6. The monoisotopic (exact) mass is 408 g/mol. The summed E-state index contributed by atoms with van der Waals surface area (Å²) in [5.74, 6) is 1.43. The molecule has 158 valence electrons. The number of fused-ring (bicyclic) bond motifs is 1. The lowest BCUT2D eigenvalue weighted by molar-refractivity contribution is -0.127. The quantitative estimate of drug-likeness (QED) is 0.719. The number of piperidine rings is 1. The number of rotatable bonds is 6. The Hall–Kier alpha value is -2.83. The molecule has 6 heteroatoms. The Bertz CT molecular complexity index is 863. The second kappa shape index (κ2) is 9.78. The molecule has 2 aromatic carbocycles. The van der Waals surface area contributed by atoms with Crippen molar-refractivity contribution in [3.63, 3.8) is 0 Å². The first-order valence-electron chi connectivity index (χ1n) is 10.5. The summed E-state index contributed by atoms with van der Waals surface area (Å²) < 4.78 is 11.6. The molecule has 4 rings (SSSR count). The molecule has 0 spiro atoms. The summed E-state index contributed by atoms with van der Waals surface area (Å²) in [7, 11) is 0. The van der Waals surface area contributed by atoms with E-state index < -0.39 is 12.2 Å². The van der Waals surface area contributed by atoms with Crippen LogP contribution in [0.4, 0.5) is 0 Å². The van der Waals surface area contributed by atoms with E-state index in [0.29, 0.717) is 37.7 Å². The van der Waals surface area contributed by atoms with Crippen LogP contribution in [0, 0.1) is 0 Å². The van der Waals surface area contributed by atoms with Gasteiger partial charge in [-0.2, -0.15) is 0 Å². The van der Waals surface area contributed by atoms with Crippen LogP contribution in [0.3, 0.4) is 0 Å². The van der Waals surface area contributed by atoms with Crippen LogP contribution < -0.4 is 14.8 Å². The zero-order valence-electron chi connectivity index (χ0n) is 16.9. The molecule has 2 aromatic rings. The Morgan fingerprint density at radius 3 is 2.57 bits per heavy atom. The summed E-state index contributed by atoms with van der Waals surface area (Å²) >= 11 is 0. The third-order valence-corrected chi connectivity index (χ3v) is 5.60. The Kier molecular flexibility index (Phi) is 6.67. The van der Waals surface area contributed by atoms with Gasteiger partial charge in [0.1, 0.15) is 12.7 Å². The fraction of sp³-hybridized carbons (Fsp3) is 0.375. The van der Waals surface area contributed by atoms with Crippen molar-refractivity contribution in [2.24, 2.45) is 0 Å². The maximum absolute atomic E-state index is 12.4. The van der Waals surface area contributed by atoms with Gasteiger partial charge in [0.2, 0.25) is 5.91 Å². The van der Waals surface area contributed by atoms with Crippen molar-refractivity contribution in [1.82, 2.24) is 10.2 Å². The van der Waals surface area contributed by atoms with E-state index in [9.17, 15) is 9.90 Å². The Balaban J connectivity index is 1.19. The Labute approximate surface area is 177 Å². The molecular weight excluding hydrogens is 380 g/mol. The lowest BCUT2D eigenvalue weighted by Gasteiger charge is -2.34. The zero-order valence-corrected chi connectivity index (χ0v) is 16.9. The van der Waals surface area contributed by atoms with Crippen LogP contribution in [0.5, 0.6) is 11.5 Å². The van der Waals surface area contributed by atoms with Gasteiger partial charge in [0.05, 0.1) is 0 Å². The van der Waals surface area contributed by atoms with Gasteiger partial charge in [0.25, 0.3) is 0 Å². The van der Waals surface area contributed by atoms with Crippen LogP contribution in [0.2, 0.25) is 0 Å². The highest BCUT2D eigenvalue weighted by Crippen LogP contribution is 2.31. The largest absolute Gasteiger partial charge is 0.486 e. The average Bonchev–Trinajstić information content (AvgIpc) is 2.81. The van der Waals surface area contributed by atoms with Crippen molar-refractivity contribution in [2.45, 2.75) is 31.1 Å². The number of likely N-dealkylation sites (tertiary alicyclic amines) is 1. The van der Waals surface area contributed by atoms with Crippen LogP contribution in [0.1, 0.15) is 18.4 Å². The van der Waals surface area contributed by atoms with Gasteiger partial charge in [-0.1, -0.05) is 42.5 Å². The molecule has 0 saturated carbocycles. The van der Waals surface area contributed by atoms with Crippen LogP contribution in [0.15, 0.2) is 60.7 Å². The van der Waals surface area contributed by atoms with Gasteiger partial charge >= 0.3 is 0 Å². The highest BCUT2D eigenvalue weighted by Gasteiger charge is 2.28. The number of para-hydroxylation sites is 2. The number of carbonyl (C=O) groups excluding carboxylic acids is 1. The molecule has 6 nitrogen and oxygen atoms in total. The summed E-state index contributed by atoms with van der Waals surface area (Å²) in [5.41, 5.74) is 1.02. The third-order valence-electron chi connectivity index (χ3n) is 5.60. The number of ether oxygens (including phenoxy) is 2. The topological polar surface area (TPSA) is 71.0 Å². The van der Waals surface area contributed by atoms with Gasteiger partial charge in [-0.05, 0) is 36.6 Å². The molecule has 0 aromatic heterocycles. The van der Waals surface area contributed by atoms with E-state index >= 15 is 0 Å². The first-order valence-corrected chi connectivity index (χ1v) is 10.5. The first-order chi connectivity index (χ1) is 14.7. The van der Waals surface area contributed by atoms with Gasteiger partial charge in [-0.15, -0.1) is 0 Å². The van der Waals surface area contributed by atoms with E-state index in [0.717, 1.165) is 18.4 Å². The fourth-order valence-electron chi connectivity index (χ4n) is 3.79. The second-order valence-corrected chi connectivity index (χ2v) is 7.73. The smallest absolute Gasteiger partial charge is 0.246 e. The Morgan fingerprint density at radius 1 is 1.10 bits per heavy atom. The first kappa shape index (κ1) is 20.4.